The first-order chi connectivity index (χ1) is 15.8. The van der Waals surface area contributed by atoms with Crippen LogP contribution in [-0.4, -0.2) is 20.9 Å². The first-order valence-electron chi connectivity index (χ1n) is 10.2. The molecule has 0 bridgehead atoms. The van der Waals surface area contributed by atoms with Crippen LogP contribution in [0.1, 0.15) is 35.3 Å². The number of halogens is 1. The van der Waals surface area contributed by atoms with Gasteiger partial charge in [0.15, 0.2) is 5.82 Å². The molecule has 8 heteroatoms. The van der Waals surface area contributed by atoms with Crippen molar-refractivity contribution < 1.29 is 4.79 Å². The second kappa shape index (κ2) is 8.85. The number of amides is 1. The molecule has 1 amide bonds. The zero-order chi connectivity index (χ0) is 23.6. The van der Waals surface area contributed by atoms with Crippen LogP contribution >= 0.6 is 11.6 Å². The van der Waals surface area contributed by atoms with E-state index in [2.05, 4.69) is 31.7 Å². The van der Waals surface area contributed by atoms with E-state index < -0.39 is 5.41 Å². The predicted octanol–water partition coefficient (Wildman–Crippen LogP) is 5.78. The van der Waals surface area contributed by atoms with Crippen molar-refractivity contribution in [1.82, 2.24) is 15.0 Å². The molecule has 164 valence electrons. The van der Waals surface area contributed by atoms with Crippen LogP contribution in [0, 0.1) is 18.3 Å². The Morgan fingerprint density at radius 1 is 1.09 bits per heavy atom. The number of hydrogen-bond acceptors (Lipinski definition) is 6. The van der Waals surface area contributed by atoms with E-state index >= 15 is 0 Å². The van der Waals surface area contributed by atoms with E-state index in [0.29, 0.717) is 33.3 Å². The second-order valence-electron chi connectivity index (χ2n) is 8.15. The molecular weight excluding hydrogens is 436 g/mol. The van der Waals surface area contributed by atoms with Crippen molar-refractivity contribution in [3.05, 3.63) is 82.8 Å². The van der Waals surface area contributed by atoms with E-state index in [1.54, 1.807) is 30.3 Å². The van der Waals surface area contributed by atoms with Gasteiger partial charge in [-0.3, -0.25) is 4.79 Å². The van der Waals surface area contributed by atoms with Gasteiger partial charge in [-0.15, -0.1) is 0 Å². The van der Waals surface area contributed by atoms with Gasteiger partial charge in [0.05, 0.1) is 17.0 Å². The molecule has 0 spiro atoms. The summed E-state index contributed by atoms with van der Waals surface area (Å²) in [5, 5.41) is 15.9. The van der Waals surface area contributed by atoms with E-state index in [4.69, 9.17) is 11.6 Å². The summed E-state index contributed by atoms with van der Waals surface area (Å²) in [6.45, 7) is 5.59. The Kier molecular flexibility index (Phi) is 5.95. The molecule has 0 aliphatic heterocycles. The molecule has 7 nitrogen and oxygen atoms in total. The number of anilines is 3. The van der Waals surface area contributed by atoms with Crippen LogP contribution in [-0.2, 0) is 5.41 Å². The third-order valence-electron chi connectivity index (χ3n) is 5.32. The average molecular weight is 457 g/mol. The highest BCUT2D eigenvalue weighted by atomic mass is 35.5. The van der Waals surface area contributed by atoms with Crippen molar-refractivity contribution in [3.8, 4) is 6.07 Å². The van der Waals surface area contributed by atoms with Gasteiger partial charge in [-0.1, -0.05) is 29.8 Å². The van der Waals surface area contributed by atoms with Gasteiger partial charge in [0.2, 0.25) is 0 Å². The molecule has 0 aliphatic rings. The van der Waals surface area contributed by atoms with Crippen LogP contribution in [0.15, 0.2) is 60.9 Å². The van der Waals surface area contributed by atoms with Crippen LogP contribution in [0.4, 0.5) is 17.2 Å². The van der Waals surface area contributed by atoms with Crippen LogP contribution in [0.3, 0.4) is 0 Å². The zero-order valence-corrected chi connectivity index (χ0v) is 19.1. The summed E-state index contributed by atoms with van der Waals surface area (Å²) in [5.74, 6) is 0.252. The number of fused-ring (bicyclic) bond motifs is 1. The minimum absolute atomic E-state index is 0.263. The molecule has 4 rings (SSSR count). The van der Waals surface area contributed by atoms with Crippen molar-refractivity contribution in [2.45, 2.75) is 26.2 Å². The smallest absolute Gasteiger partial charge is 0.255 e. The fourth-order valence-electron chi connectivity index (χ4n) is 3.29. The molecule has 0 aliphatic carbocycles. The lowest BCUT2D eigenvalue weighted by atomic mass is 9.85. The Hall–Kier alpha value is -4.02. The zero-order valence-electron chi connectivity index (χ0n) is 18.3. The first-order valence-corrected chi connectivity index (χ1v) is 10.6. The van der Waals surface area contributed by atoms with Crippen molar-refractivity contribution in [1.29, 1.82) is 5.26 Å². The third-order valence-corrected chi connectivity index (χ3v) is 5.53. The maximum Gasteiger partial charge on any atom is 0.255 e. The number of hydrogen-bond donors (Lipinski definition) is 2. The number of carbonyl (C=O) groups excluding carboxylic acids is 1. The molecule has 0 fully saturated rings. The highest BCUT2D eigenvalue weighted by Crippen LogP contribution is 2.28. The van der Waals surface area contributed by atoms with E-state index in [1.165, 1.54) is 6.33 Å². The molecule has 2 aromatic carbocycles. The number of aryl methyl sites for hydroxylation is 1. The van der Waals surface area contributed by atoms with Gasteiger partial charge in [0.1, 0.15) is 17.0 Å². The SMILES string of the molecule is Cc1ccc(NC(=O)c2cccc(C(C)(C)C#N)c2)cc1Nc1ncnc2ccc(Cl)nc12. The summed E-state index contributed by atoms with van der Waals surface area (Å²) in [6.07, 6.45) is 1.46. The van der Waals surface area contributed by atoms with Crippen molar-refractivity contribution in [3.63, 3.8) is 0 Å². The van der Waals surface area contributed by atoms with E-state index in [-0.39, 0.29) is 5.91 Å². The van der Waals surface area contributed by atoms with Gasteiger partial charge in [0, 0.05) is 16.9 Å². The number of pyridine rings is 1. The molecule has 0 unspecified atom stereocenters. The Morgan fingerprint density at radius 3 is 2.70 bits per heavy atom. The number of aromatic nitrogens is 3. The van der Waals surface area contributed by atoms with Crippen LogP contribution in [0.2, 0.25) is 5.15 Å². The minimum atomic E-state index is -0.686. The Labute approximate surface area is 196 Å². The molecule has 0 saturated carbocycles. The van der Waals surface area contributed by atoms with Gasteiger partial charge in [0.25, 0.3) is 5.91 Å². The standard InChI is InChI=1S/C25H21ClN6O/c1-15-7-8-18(30-24(33)16-5-4-6-17(11-16)25(2,3)13-27)12-20(15)31-23-22-19(28-14-29-23)9-10-21(26)32-22/h4-12,14H,1-3H3,(H,30,33)(H,28,29,31). The molecule has 0 saturated heterocycles. The Balaban J connectivity index is 1.60. The van der Waals surface area contributed by atoms with Gasteiger partial charge in [-0.2, -0.15) is 5.26 Å². The minimum Gasteiger partial charge on any atom is -0.338 e. The lowest BCUT2D eigenvalue weighted by Crippen LogP contribution is -2.17. The van der Waals surface area contributed by atoms with Crippen LogP contribution in [0.25, 0.3) is 11.0 Å². The lowest BCUT2D eigenvalue weighted by molar-refractivity contribution is 0.102. The number of nitriles is 1. The predicted molar refractivity (Wildman–Crippen MR) is 130 cm³/mol. The number of benzene rings is 2. The fraction of sp³-hybridized carbons (Fsp3) is 0.160. The average Bonchev–Trinajstić information content (AvgIpc) is 2.81. The summed E-state index contributed by atoms with van der Waals surface area (Å²) in [6, 6.07) is 18.4. The first kappa shape index (κ1) is 22.2. The maximum atomic E-state index is 12.9. The van der Waals surface area contributed by atoms with Crippen LogP contribution in [0.5, 0.6) is 0 Å². The number of nitrogens with zero attached hydrogens (tertiary/aromatic N) is 4. The Bertz CT molecular complexity index is 1410. The highest BCUT2D eigenvalue weighted by Gasteiger charge is 2.21. The summed E-state index contributed by atoms with van der Waals surface area (Å²) in [5.41, 5.74) is 4.12. The number of rotatable bonds is 5. The van der Waals surface area contributed by atoms with Crippen molar-refractivity contribution in [2.24, 2.45) is 0 Å². The summed E-state index contributed by atoms with van der Waals surface area (Å²) in [4.78, 5) is 25.7. The van der Waals surface area contributed by atoms with Crippen molar-refractivity contribution in [2.75, 3.05) is 10.6 Å². The largest absolute Gasteiger partial charge is 0.338 e. The summed E-state index contributed by atoms with van der Waals surface area (Å²) in [7, 11) is 0. The van der Waals surface area contributed by atoms with Gasteiger partial charge in [-0.25, -0.2) is 15.0 Å². The number of carbonyl (C=O) groups is 1. The van der Waals surface area contributed by atoms with Gasteiger partial charge in [-0.05, 0) is 68.3 Å². The topological polar surface area (TPSA) is 104 Å². The van der Waals surface area contributed by atoms with E-state index in [0.717, 1.165) is 16.8 Å². The van der Waals surface area contributed by atoms with E-state index in [9.17, 15) is 10.1 Å². The molecule has 0 atom stereocenters. The number of nitrogens with one attached hydrogen (secondary N) is 2. The third kappa shape index (κ3) is 4.76. The van der Waals surface area contributed by atoms with Gasteiger partial charge >= 0.3 is 0 Å². The maximum absolute atomic E-state index is 12.9. The summed E-state index contributed by atoms with van der Waals surface area (Å²) < 4.78 is 0. The molecular formula is C25H21ClN6O. The van der Waals surface area contributed by atoms with Crippen LogP contribution < -0.4 is 10.6 Å². The lowest BCUT2D eigenvalue weighted by Gasteiger charge is -2.17. The second-order valence-corrected chi connectivity index (χ2v) is 8.54. The molecule has 2 aromatic heterocycles. The van der Waals surface area contributed by atoms with Crippen molar-refractivity contribution >= 4 is 45.7 Å². The molecule has 2 heterocycles. The summed E-state index contributed by atoms with van der Waals surface area (Å²) >= 11 is 6.05. The monoisotopic (exact) mass is 456 g/mol. The van der Waals surface area contributed by atoms with E-state index in [1.807, 2.05) is 45.0 Å². The Morgan fingerprint density at radius 2 is 1.91 bits per heavy atom. The quantitative estimate of drug-likeness (QED) is 0.369. The molecule has 0 radical (unpaired) electrons. The fourth-order valence-corrected chi connectivity index (χ4v) is 3.43. The molecule has 2 N–H and O–H groups in total. The molecule has 4 aromatic rings. The van der Waals surface area contributed by atoms with Gasteiger partial charge < -0.3 is 10.6 Å². The highest BCUT2D eigenvalue weighted by molar-refractivity contribution is 6.29. The molecule has 33 heavy (non-hydrogen) atoms. The normalized spacial score (nSPS) is 11.1.